The molecule has 96 heavy (non-hydrogen) atoms. The van der Waals surface area contributed by atoms with Gasteiger partial charge >= 0.3 is 0 Å². The molecule has 3 saturated heterocycles. The summed E-state index contributed by atoms with van der Waals surface area (Å²) in [5.41, 5.74) is 3.59. The van der Waals surface area contributed by atoms with E-state index in [0.717, 1.165) is 77.5 Å². The number of carbonyl (C=O) groups excluding carboxylic acids is 3. The number of nitrogens with zero attached hydrogens (tertiary/aromatic N) is 9. The predicted octanol–water partition coefficient (Wildman–Crippen LogP) is 11.4. The molecule has 24 nitrogen and oxygen atoms in total. The number of thiophene rings is 3. The number of nitrogens with one attached hydrogen (secondary N) is 6. The second kappa shape index (κ2) is 31.3. The van der Waals surface area contributed by atoms with Crippen LogP contribution in [0, 0.1) is 17.5 Å². The molecule has 3 aliphatic rings. The first-order valence-corrected chi connectivity index (χ1v) is 35.6. The summed E-state index contributed by atoms with van der Waals surface area (Å²) in [6.45, 7) is 0. The number of carbonyl (C=O) groups is 3. The average Bonchev–Trinajstić information content (AvgIpc) is 1.05. The lowest BCUT2D eigenvalue weighted by atomic mass is 10.1. The summed E-state index contributed by atoms with van der Waals surface area (Å²) in [4.78, 5) is 56.2. The molecule has 36 heteroatoms. The lowest BCUT2D eigenvalue weighted by Crippen LogP contribution is -2.55. The normalized spacial score (nSPS) is 20.5. The molecule has 3 aliphatic heterocycles. The van der Waals surface area contributed by atoms with Gasteiger partial charge in [-0.15, -0.1) is 34.0 Å². The zero-order valence-corrected chi connectivity index (χ0v) is 56.8. The number of aryl methyl sites for hydroxylation is 3. The minimum absolute atomic E-state index is 0. The summed E-state index contributed by atoms with van der Waals surface area (Å²) in [5, 5.41) is 7.46. The van der Waals surface area contributed by atoms with Crippen molar-refractivity contribution in [3.05, 3.63) is 176 Å². The summed E-state index contributed by atoms with van der Waals surface area (Å²) in [6, 6.07) is 18.0. The van der Waals surface area contributed by atoms with Crippen molar-refractivity contribution in [1.82, 2.24) is 55.7 Å². The SMILES string of the molecule is C.C.C.CN1C(C(=O)Nc2ccc(F)c(Cl)c2)CC(c2ccc(-c3cncn3C)s2)NS1(=O)=O.CN1[C@@H](C(=O)Nc2ccc(F)c(Cl)c2)C[C@@H](c2ccc(-c3cncn3C)s2)NS1(=O)=O.CN1[C@H](C(=O)Nc2ccc(F)c(Cl)c2)C[C@H](c2ccc(-c3cncn3C)s2)NS1(=O)=O. The van der Waals surface area contributed by atoms with E-state index in [4.69, 9.17) is 34.8 Å². The van der Waals surface area contributed by atoms with Gasteiger partial charge < -0.3 is 29.7 Å². The van der Waals surface area contributed by atoms with Crippen molar-refractivity contribution >= 4 is 134 Å². The summed E-state index contributed by atoms with van der Waals surface area (Å²) < 4.78 is 133. The molecular formula is C60H69Cl3F3N15O9S6. The van der Waals surface area contributed by atoms with Gasteiger partial charge in [0.05, 0.1) is 102 Å². The largest absolute Gasteiger partial charge is 0.333 e. The van der Waals surface area contributed by atoms with Crippen LogP contribution in [0.15, 0.2) is 129 Å². The van der Waals surface area contributed by atoms with E-state index in [1.807, 2.05) is 71.2 Å². The fourth-order valence-corrected chi connectivity index (χ4v) is 18.0. The maximum Gasteiger partial charge on any atom is 0.280 e. The second-order valence-electron chi connectivity index (χ2n) is 21.5. The third-order valence-corrected chi connectivity index (χ3v) is 24.6. The molecule has 0 aliphatic carbocycles. The molecule has 9 aromatic rings. The number of amides is 3. The highest BCUT2D eigenvalue weighted by Crippen LogP contribution is 2.40. The Morgan fingerprint density at radius 1 is 0.438 bits per heavy atom. The minimum atomic E-state index is -3.89. The first-order valence-electron chi connectivity index (χ1n) is 27.7. The van der Waals surface area contributed by atoms with Crippen LogP contribution in [0.25, 0.3) is 31.7 Å². The van der Waals surface area contributed by atoms with Crippen molar-refractivity contribution in [2.24, 2.45) is 21.1 Å². The molecule has 0 radical (unpaired) electrons. The van der Waals surface area contributed by atoms with Crippen LogP contribution in [0.4, 0.5) is 30.2 Å². The summed E-state index contributed by atoms with van der Waals surface area (Å²) in [5.74, 6) is -3.40. The Morgan fingerprint density at radius 2 is 0.688 bits per heavy atom. The van der Waals surface area contributed by atoms with Crippen LogP contribution in [-0.4, -0.2) is 124 Å². The molecule has 6 aromatic heterocycles. The highest BCUT2D eigenvalue weighted by atomic mass is 35.5. The Bertz CT molecular complexity index is 4190. The highest BCUT2D eigenvalue weighted by Gasteiger charge is 2.44. The van der Waals surface area contributed by atoms with E-state index in [2.05, 4.69) is 45.1 Å². The Morgan fingerprint density at radius 3 is 0.906 bits per heavy atom. The smallest absolute Gasteiger partial charge is 0.280 e. The van der Waals surface area contributed by atoms with Gasteiger partial charge in [0.1, 0.15) is 35.6 Å². The van der Waals surface area contributed by atoms with E-state index in [0.29, 0.717) is 0 Å². The maximum atomic E-state index is 13.4. The molecule has 0 spiro atoms. The van der Waals surface area contributed by atoms with Crippen molar-refractivity contribution in [3.8, 4) is 31.7 Å². The molecule has 0 bridgehead atoms. The maximum absolute atomic E-state index is 13.4. The fraction of sp³-hybridized carbons (Fsp3) is 0.300. The van der Waals surface area contributed by atoms with E-state index in [-0.39, 0.29) is 73.7 Å². The van der Waals surface area contributed by atoms with Gasteiger partial charge in [-0.1, -0.05) is 57.1 Å². The Kier molecular flexibility index (Phi) is 24.9. The van der Waals surface area contributed by atoms with Crippen LogP contribution in [0.1, 0.15) is 74.3 Å². The molecule has 2 unspecified atom stereocenters. The van der Waals surface area contributed by atoms with Gasteiger partial charge in [-0.25, -0.2) is 28.1 Å². The monoisotopic (exact) mass is 1500 g/mol. The summed E-state index contributed by atoms with van der Waals surface area (Å²) in [7, 11) is -2.00. The highest BCUT2D eigenvalue weighted by molar-refractivity contribution is 7.87. The number of hydrogen-bond acceptors (Lipinski definition) is 15. The van der Waals surface area contributed by atoms with E-state index >= 15 is 0 Å². The van der Waals surface area contributed by atoms with Crippen LogP contribution in [-0.2, 0) is 66.2 Å². The van der Waals surface area contributed by atoms with Crippen LogP contribution < -0.4 is 30.1 Å². The van der Waals surface area contributed by atoms with E-state index in [1.54, 1.807) is 37.6 Å². The minimum Gasteiger partial charge on any atom is -0.333 e. The molecule has 3 aromatic carbocycles. The van der Waals surface area contributed by atoms with Gasteiger partial charge in [-0.2, -0.15) is 52.3 Å². The van der Waals surface area contributed by atoms with Crippen LogP contribution in [0.3, 0.4) is 0 Å². The number of halogens is 6. The zero-order chi connectivity index (χ0) is 67.0. The van der Waals surface area contributed by atoms with Crippen molar-refractivity contribution in [2.45, 2.75) is 77.8 Å². The van der Waals surface area contributed by atoms with Gasteiger partial charge in [0, 0.05) is 74.0 Å². The van der Waals surface area contributed by atoms with E-state index in [9.17, 15) is 52.8 Å². The number of aromatic nitrogens is 6. The van der Waals surface area contributed by atoms with Crippen LogP contribution in [0.2, 0.25) is 15.1 Å². The molecule has 3 amide bonds. The molecular weight excluding hydrogens is 1430 g/mol. The summed E-state index contributed by atoms with van der Waals surface area (Å²) in [6.07, 6.45) is 10.9. The van der Waals surface area contributed by atoms with Crippen molar-refractivity contribution in [2.75, 3.05) is 37.1 Å². The van der Waals surface area contributed by atoms with Crippen LogP contribution in [0.5, 0.6) is 0 Å². The predicted molar refractivity (Wildman–Crippen MR) is 373 cm³/mol. The lowest BCUT2D eigenvalue weighted by molar-refractivity contribution is -0.120. The van der Waals surface area contributed by atoms with Gasteiger partial charge in [-0.05, 0) is 110 Å². The molecule has 0 saturated carbocycles. The third kappa shape index (κ3) is 17.1. The molecule has 6 N–H and O–H groups in total. The molecule has 516 valence electrons. The lowest BCUT2D eigenvalue weighted by Gasteiger charge is -2.35. The fourth-order valence-electron chi connectivity index (χ4n) is 10.1. The zero-order valence-electron chi connectivity index (χ0n) is 49.6. The Hall–Kier alpha value is -6.93. The van der Waals surface area contributed by atoms with Crippen molar-refractivity contribution in [1.29, 1.82) is 0 Å². The topological polar surface area (TPSA) is 289 Å². The Labute approximate surface area is 582 Å². The molecule has 9 heterocycles. The first-order chi connectivity index (χ1) is 44.0. The van der Waals surface area contributed by atoms with Gasteiger partial charge in [-0.3, -0.25) is 14.4 Å². The third-order valence-electron chi connectivity index (χ3n) is 15.3. The number of anilines is 3. The van der Waals surface area contributed by atoms with E-state index < -0.39 is 102 Å². The Balaban J connectivity index is 0.000000200. The van der Waals surface area contributed by atoms with Crippen molar-refractivity contribution in [3.63, 3.8) is 0 Å². The van der Waals surface area contributed by atoms with Crippen molar-refractivity contribution < 1.29 is 52.8 Å². The summed E-state index contributed by atoms with van der Waals surface area (Å²) >= 11 is 21.6. The first kappa shape index (κ1) is 76.4. The number of benzene rings is 3. The van der Waals surface area contributed by atoms with Gasteiger partial charge in [0.2, 0.25) is 17.7 Å². The molecule has 6 atom stereocenters. The number of imidazole rings is 3. The van der Waals surface area contributed by atoms with Gasteiger partial charge in [0.25, 0.3) is 30.6 Å². The van der Waals surface area contributed by atoms with E-state index in [1.165, 1.54) is 91.6 Å². The number of likely N-dealkylation sites (N-methyl/N-ethyl adjacent to an activating group) is 3. The second-order valence-corrected chi connectivity index (χ2v) is 31.3. The number of hydrogen-bond donors (Lipinski definition) is 6. The standard InChI is InChI=1S/3C19H19ClFN5O3S2.3CH4/c3*1-25-10-22-9-16(25)18-6-5-17(30-18)14-8-15(26(2)31(28,29)24-14)19(27)23-11-3-4-13(21)12(20)7-11;;;/h3*3-7,9-10,14-15,24H,8H2,1-2H3,(H,23,27);3*1H4/t2*14-,15+;;;;/m10..../s1. The van der Waals surface area contributed by atoms with Crippen LogP contribution >= 0.6 is 68.8 Å². The van der Waals surface area contributed by atoms with Gasteiger partial charge in [0.15, 0.2) is 0 Å². The average molecular weight is 1500 g/mol. The molecule has 3 fully saturated rings. The molecule has 12 rings (SSSR count). The number of rotatable bonds is 12. The quantitative estimate of drug-likeness (QED) is 0.0666.